The van der Waals surface area contributed by atoms with Crippen molar-refractivity contribution in [1.29, 1.82) is 5.26 Å². The van der Waals surface area contributed by atoms with E-state index in [9.17, 15) is 9.59 Å². The minimum Gasteiger partial charge on any atom is -0.358 e. The van der Waals surface area contributed by atoms with Crippen LogP contribution in [0.2, 0.25) is 0 Å². The standard InChI is InChI=1S/C12H14N4O2/c13-6-9-5-11(18)10(7-14-8-17)12(15-9)16-3-1-2-4-16/h5,8H,1-4,7H2,(H,14,17)(H,15,18). The number of H-pyrrole nitrogens is 1. The van der Waals surface area contributed by atoms with Gasteiger partial charge in [0.05, 0.1) is 5.56 Å². The summed E-state index contributed by atoms with van der Waals surface area (Å²) < 4.78 is 0. The molecule has 1 aromatic rings. The Labute approximate surface area is 104 Å². The zero-order valence-corrected chi connectivity index (χ0v) is 9.90. The Morgan fingerprint density at radius 2 is 2.22 bits per heavy atom. The number of aromatic amines is 1. The smallest absolute Gasteiger partial charge is 0.207 e. The van der Waals surface area contributed by atoms with Crippen molar-refractivity contribution >= 4 is 12.2 Å². The number of hydrogen-bond acceptors (Lipinski definition) is 4. The first-order chi connectivity index (χ1) is 8.76. The number of anilines is 1. The fourth-order valence-electron chi connectivity index (χ4n) is 2.16. The molecule has 6 heteroatoms. The third-order valence-corrected chi connectivity index (χ3v) is 3.02. The summed E-state index contributed by atoms with van der Waals surface area (Å²) in [5.41, 5.74) is 0.529. The van der Waals surface area contributed by atoms with Crippen molar-refractivity contribution in [2.24, 2.45) is 0 Å². The van der Waals surface area contributed by atoms with Gasteiger partial charge in [-0.1, -0.05) is 0 Å². The maximum atomic E-state index is 11.9. The van der Waals surface area contributed by atoms with E-state index in [1.807, 2.05) is 11.0 Å². The minimum absolute atomic E-state index is 0.177. The maximum Gasteiger partial charge on any atom is 0.207 e. The topological polar surface area (TPSA) is 89.0 Å². The molecule has 1 amide bonds. The fraction of sp³-hybridized carbons (Fsp3) is 0.417. The summed E-state index contributed by atoms with van der Waals surface area (Å²) in [5, 5.41) is 11.4. The quantitative estimate of drug-likeness (QED) is 0.737. The predicted molar refractivity (Wildman–Crippen MR) is 66.1 cm³/mol. The van der Waals surface area contributed by atoms with Gasteiger partial charge >= 0.3 is 0 Å². The average Bonchev–Trinajstić information content (AvgIpc) is 2.90. The Kier molecular flexibility index (Phi) is 3.63. The van der Waals surface area contributed by atoms with Crippen LogP contribution in [0.3, 0.4) is 0 Å². The first-order valence-corrected chi connectivity index (χ1v) is 5.84. The minimum atomic E-state index is -0.221. The summed E-state index contributed by atoms with van der Waals surface area (Å²) in [4.78, 5) is 27.3. The molecule has 0 aliphatic carbocycles. The van der Waals surface area contributed by atoms with Crippen LogP contribution in [0.25, 0.3) is 0 Å². The third-order valence-electron chi connectivity index (χ3n) is 3.02. The molecular formula is C12H14N4O2. The van der Waals surface area contributed by atoms with Gasteiger partial charge in [-0.2, -0.15) is 5.26 Å². The second kappa shape index (κ2) is 5.36. The number of aromatic nitrogens is 1. The summed E-state index contributed by atoms with van der Waals surface area (Å²) in [7, 11) is 0. The normalized spacial score (nSPS) is 14.3. The lowest BCUT2D eigenvalue weighted by Crippen LogP contribution is -2.27. The first kappa shape index (κ1) is 12.2. The molecule has 18 heavy (non-hydrogen) atoms. The van der Waals surface area contributed by atoms with Gasteiger partial charge in [0.25, 0.3) is 0 Å². The monoisotopic (exact) mass is 246 g/mol. The van der Waals surface area contributed by atoms with Crippen LogP contribution in [-0.4, -0.2) is 24.5 Å². The van der Waals surface area contributed by atoms with Gasteiger partial charge in [-0.15, -0.1) is 0 Å². The molecule has 1 aliphatic rings. The van der Waals surface area contributed by atoms with Gasteiger partial charge in [-0.25, -0.2) is 0 Å². The van der Waals surface area contributed by atoms with E-state index < -0.39 is 0 Å². The van der Waals surface area contributed by atoms with E-state index >= 15 is 0 Å². The van der Waals surface area contributed by atoms with Crippen molar-refractivity contribution in [3.63, 3.8) is 0 Å². The molecular weight excluding hydrogens is 232 g/mol. The van der Waals surface area contributed by atoms with Crippen LogP contribution in [0.15, 0.2) is 10.9 Å². The van der Waals surface area contributed by atoms with E-state index in [4.69, 9.17) is 5.26 Å². The molecule has 1 aliphatic heterocycles. The average molecular weight is 246 g/mol. The highest BCUT2D eigenvalue weighted by Gasteiger charge is 2.19. The number of carbonyl (C=O) groups excluding carboxylic acids is 1. The molecule has 0 radical (unpaired) electrons. The molecule has 0 spiro atoms. The van der Waals surface area contributed by atoms with E-state index in [1.165, 1.54) is 6.07 Å². The predicted octanol–water partition coefficient (Wildman–Crippen LogP) is 0.0928. The number of carbonyl (C=O) groups is 1. The second-order valence-electron chi connectivity index (χ2n) is 4.18. The summed E-state index contributed by atoms with van der Waals surface area (Å²) in [6.45, 7) is 1.90. The van der Waals surface area contributed by atoms with Crippen LogP contribution in [-0.2, 0) is 11.3 Å². The van der Waals surface area contributed by atoms with Crippen LogP contribution in [0, 0.1) is 11.3 Å². The molecule has 0 unspecified atom stereocenters. The Bertz CT molecular complexity index is 538. The molecule has 0 bridgehead atoms. The second-order valence-corrected chi connectivity index (χ2v) is 4.18. The van der Waals surface area contributed by atoms with E-state index in [1.54, 1.807) is 0 Å². The molecule has 0 aromatic carbocycles. The van der Waals surface area contributed by atoms with Crippen molar-refractivity contribution in [1.82, 2.24) is 10.3 Å². The molecule has 0 atom stereocenters. The van der Waals surface area contributed by atoms with Crippen LogP contribution < -0.4 is 15.6 Å². The van der Waals surface area contributed by atoms with Crippen LogP contribution in [0.4, 0.5) is 5.82 Å². The summed E-state index contributed by atoms with van der Waals surface area (Å²) in [6, 6.07) is 3.21. The van der Waals surface area contributed by atoms with Gasteiger partial charge in [-0.05, 0) is 12.8 Å². The molecule has 2 N–H and O–H groups in total. The van der Waals surface area contributed by atoms with Gasteiger partial charge < -0.3 is 15.2 Å². The van der Waals surface area contributed by atoms with Crippen LogP contribution >= 0.6 is 0 Å². The Balaban J connectivity index is 2.44. The first-order valence-electron chi connectivity index (χ1n) is 5.84. The van der Waals surface area contributed by atoms with Crippen LogP contribution in [0.1, 0.15) is 24.1 Å². The number of hydrogen-bond donors (Lipinski definition) is 2. The van der Waals surface area contributed by atoms with Crippen LogP contribution in [0.5, 0.6) is 0 Å². The Morgan fingerprint density at radius 3 is 2.83 bits per heavy atom. The van der Waals surface area contributed by atoms with Gasteiger partial charge in [0.1, 0.15) is 17.6 Å². The maximum absolute atomic E-state index is 11.9. The summed E-state index contributed by atoms with van der Waals surface area (Å²) in [6.07, 6.45) is 2.70. The Morgan fingerprint density at radius 1 is 1.50 bits per heavy atom. The van der Waals surface area contributed by atoms with E-state index in [0.717, 1.165) is 25.9 Å². The molecule has 1 aromatic heterocycles. The van der Waals surface area contributed by atoms with Crippen molar-refractivity contribution < 1.29 is 4.79 Å². The highest BCUT2D eigenvalue weighted by Crippen LogP contribution is 2.20. The number of nitrogens with zero attached hydrogens (tertiary/aromatic N) is 2. The number of nitriles is 1. The number of nitrogens with one attached hydrogen (secondary N) is 2. The van der Waals surface area contributed by atoms with Gasteiger partial charge in [0.15, 0.2) is 5.43 Å². The van der Waals surface area contributed by atoms with Crippen molar-refractivity contribution in [3.05, 3.63) is 27.5 Å². The van der Waals surface area contributed by atoms with Gasteiger partial charge in [0, 0.05) is 25.7 Å². The van der Waals surface area contributed by atoms with Gasteiger partial charge in [-0.3, -0.25) is 9.59 Å². The molecule has 94 valence electrons. The zero-order valence-electron chi connectivity index (χ0n) is 9.90. The third kappa shape index (κ3) is 2.35. The Hall–Kier alpha value is -2.29. The fourth-order valence-corrected chi connectivity index (χ4v) is 2.16. The SMILES string of the molecule is N#Cc1cc(=O)c(CNC=O)c(N2CCCC2)[nH]1. The van der Waals surface area contributed by atoms with Crippen molar-refractivity contribution in [2.75, 3.05) is 18.0 Å². The zero-order chi connectivity index (χ0) is 13.0. The summed E-state index contributed by atoms with van der Waals surface area (Å²) >= 11 is 0. The van der Waals surface area contributed by atoms with E-state index in [2.05, 4.69) is 10.3 Å². The number of rotatable bonds is 4. The summed E-state index contributed by atoms with van der Waals surface area (Å²) in [5.74, 6) is 0.658. The van der Waals surface area contributed by atoms with Crippen molar-refractivity contribution in [3.8, 4) is 6.07 Å². The van der Waals surface area contributed by atoms with E-state index in [0.29, 0.717) is 17.8 Å². The highest BCUT2D eigenvalue weighted by molar-refractivity contribution is 5.52. The largest absolute Gasteiger partial charge is 0.358 e. The molecule has 2 heterocycles. The molecule has 0 saturated carbocycles. The lowest BCUT2D eigenvalue weighted by atomic mass is 10.2. The van der Waals surface area contributed by atoms with E-state index in [-0.39, 0.29) is 17.7 Å². The highest BCUT2D eigenvalue weighted by atomic mass is 16.1. The molecule has 6 nitrogen and oxygen atoms in total. The van der Waals surface area contributed by atoms with Gasteiger partial charge in [0.2, 0.25) is 6.41 Å². The molecule has 1 fully saturated rings. The number of pyridine rings is 1. The van der Waals surface area contributed by atoms with Crippen molar-refractivity contribution in [2.45, 2.75) is 19.4 Å². The molecule has 1 saturated heterocycles. The lowest BCUT2D eigenvalue weighted by Gasteiger charge is -2.20. The lowest BCUT2D eigenvalue weighted by molar-refractivity contribution is -0.109. The molecule has 2 rings (SSSR count). The number of amides is 1.